The fourth-order valence-corrected chi connectivity index (χ4v) is 1.87. The predicted molar refractivity (Wildman–Crippen MR) is 79.9 cm³/mol. The van der Waals surface area contributed by atoms with Gasteiger partial charge in [0.15, 0.2) is 0 Å². The maximum atomic E-state index is 12.0. The third-order valence-electron chi connectivity index (χ3n) is 3.14. The number of fused-ring (bicyclic) bond motifs is 1. The fraction of sp³-hybridized carbons (Fsp3) is 0.333. The summed E-state index contributed by atoms with van der Waals surface area (Å²) >= 11 is 0. The molecule has 0 radical (unpaired) electrons. The second-order valence-electron chi connectivity index (χ2n) is 5.04. The number of aliphatic hydroxyl groups is 1. The second kappa shape index (κ2) is 6.90. The van der Waals surface area contributed by atoms with E-state index >= 15 is 0 Å². The van der Waals surface area contributed by atoms with Gasteiger partial charge in [0.25, 0.3) is 5.91 Å². The van der Waals surface area contributed by atoms with Gasteiger partial charge in [-0.05, 0) is 18.1 Å². The molecule has 0 saturated heterocycles. The summed E-state index contributed by atoms with van der Waals surface area (Å²) in [5.41, 5.74) is 1.30. The van der Waals surface area contributed by atoms with Crippen LogP contribution in [-0.2, 0) is 4.79 Å². The van der Waals surface area contributed by atoms with Gasteiger partial charge in [0.1, 0.15) is 5.69 Å². The van der Waals surface area contributed by atoms with Gasteiger partial charge in [-0.1, -0.05) is 25.1 Å². The Labute approximate surface area is 122 Å². The van der Waals surface area contributed by atoms with Crippen molar-refractivity contribution in [2.45, 2.75) is 6.92 Å². The van der Waals surface area contributed by atoms with Gasteiger partial charge in [-0.25, -0.2) is 0 Å². The van der Waals surface area contributed by atoms with Crippen LogP contribution in [-0.4, -0.2) is 41.6 Å². The summed E-state index contributed by atoms with van der Waals surface area (Å²) < 4.78 is 0. The molecule has 6 nitrogen and oxygen atoms in total. The first-order valence-corrected chi connectivity index (χ1v) is 6.83. The maximum Gasteiger partial charge on any atom is 0.268 e. The van der Waals surface area contributed by atoms with E-state index in [1.807, 2.05) is 31.2 Å². The summed E-state index contributed by atoms with van der Waals surface area (Å²) in [5.74, 6) is -0.602. The first-order chi connectivity index (χ1) is 10.1. The predicted octanol–water partition coefficient (Wildman–Crippen LogP) is 0.642. The molecule has 2 rings (SSSR count). The third-order valence-corrected chi connectivity index (χ3v) is 3.14. The summed E-state index contributed by atoms with van der Waals surface area (Å²) in [6.45, 7) is 2.13. The number of carbonyl (C=O) groups excluding carboxylic acids is 2. The van der Waals surface area contributed by atoms with Crippen molar-refractivity contribution in [2.75, 3.05) is 19.7 Å². The molecular formula is C15H19N3O3. The van der Waals surface area contributed by atoms with Crippen LogP contribution in [0.15, 0.2) is 30.3 Å². The van der Waals surface area contributed by atoms with Gasteiger partial charge in [-0.3, -0.25) is 9.59 Å². The van der Waals surface area contributed by atoms with E-state index in [0.717, 1.165) is 10.9 Å². The molecule has 2 amide bonds. The molecule has 0 saturated carbocycles. The van der Waals surface area contributed by atoms with Gasteiger partial charge in [-0.2, -0.15) is 0 Å². The SMILES string of the molecule is CC(CO)CNC(=O)CNC(=O)c1cc2ccccc2[nH]1. The highest BCUT2D eigenvalue weighted by Gasteiger charge is 2.11. The van der Waals surface area contributed by atoms with E-state index in [1.165, 1.54) is 0 Å². The quantitative estimate of drug-likeness (QED) is 0.628. The molecule has 1 heterocycles. The van der Waals surface area contributed by atoms with Crippen molar-refractivity contribution in [1.29, 1.82) is 0 Å². The Bertz CT molecular complexity index is 603. The lowest BCUT2D eigenvalue weighted by atomic mass is 10.2. The Hall–Kier alpha value is -2.34. The van der Waals surface area contributed by atoms with Crippen LogP contribution in [0.1, 0.15) is 17.4 Å². The van der Waals surface area contributed by atoms with E-state index < -0.39 is 0 Å². The van der Waals surface area contributed by atoms with Crippen LogP contribution in [0.2, 0.25) is 0 Å². The zero-order chi connectivity index (χ0) is 15.2. The number of nitrogens with one attached hydrogen (secondary N) is 3. The molecule has 1 atom stereocenters. The van der Waals surface area contributed by atoms with E-state index in [4.69, 9.17) is 5.11 Å². The molecule has 6 heteroatoms. The zero-order valence-electron chi connectivity index (χ0n) is 11.8. The van der Waals surface area contributed by atoms with Gasteiger partial charge in [0.2, 0.25) is 5.91 Å². The molecular weight excluding hydrogens is 270 g/mol. The van der Waals surface area contributed by atoms with Crippen molar-refractivity contribution < 1.29 is 14.7 Å². The van der Waals surface area contributed by atoms with Crippen molar-refractivity contribution in [3.8, 4) is 0 Å². The number of H-pyrrole nitrogens is 1. The standard InChI is InChI=1S/C15H19N3O3/c1-10(9-19)7-16-14(20)8-17-15(21)13-6-11-4-2-3-5-12(11)18-13/h2-6,10,18-19H,7-9H2,1H3,(H,16,20)(H,17,21). The highest BCUT2D eigenvalue weighted by Crippen LogP contribution is 2.14. The first kappa shape index (κ1) is 15.1. The lowest BCUT2D eigenvalue weighted by Gasteiger charge is -2.09. The van der Waals surface area contributed by atoms with Crippen molar-refractivity contribution >= 4 is 22.7 Å². The Kier molecular flexibility index (Phi) is 4.94. The number of carbonyl (C=O) groups is 2. The largest absolute Gasteiger partial charge is 0.396 e. The Morgan fingerprint density at radius 3 is 2.76 bits per heavy atom. The highest BCUT2D eigenvalue weighted by molar-refractivity contribution is 5.99. The molecule has 4 N–H and O–H groups in total. The van der Waals surface area contributed by atoms with Crippen LogP contribution in [0.25, 0.3) is 10.9 Å². The van der Waals surface area contributed by atoms with Crippen LogP contribution in [0, 0.1) is 5.92 Å². The number of rotatable bonds is 6. The molecule has 1 unspecified atom stereocenters. The Morgan fingerprint density at radius 1 is 1.29 bits per heavy atom. The minimum absolute atomic E-state index is 0.00152. The van der Waals surface area contributed by atoms with Gasteiger partial charge < -0.3 is 20.7 Å². The summed E-state index contributed by atoms with van der Waals surface area (Å²) in [6.07, 6.45) is 0. The minimum Gasteiger partial charge on any atom is -0.396 e. The van der Waals surface area contributed by atoms with E-state index in [0.29, 0.717) is 12.2 Å². The fourth-order valence-electron chi connectivity index (χ4n) is 1.87. The lowest BCUT2D eigenvalue weighted by Crippen LogP contribution is -2.39. The van der Waals surface area contributed by atoms with Crippen LogP contribution >= 0.6 is 0 Å². The summed E-state index contributed by atoms with van der Waals surface area (Å²) in [4.78, 5) is 26.5. The van der Waals surface area contributed by atoms with Gasteiger partial charge >= 0.3 is 0 Å². The molecule has 2 aromatic rings. The zero-order valence-corrected chi connectivity index (χ0v) is 11.8. The van der Waals surface area contributed by atoms with Crippen LogP contribution in [0.4, 0.5) is 0 Å². The molecule has 0 spiro atoms. The monoisotopic (exact) mass is 289 g/mol. The molecule has 1 aromatic heterocycles. The second-order valence-corrected chi connectivity index (χ2v) is 5.04. The van der Waals surface area contributed by atoms with Gasteiger partial charge in [0, 0.05) is 24.1 Å². The lowest BCUT2D eigenvalue weighted by molar-refractivity contribution is -0.120. The summed E-state index contributed by atoms with van der Waals surface area (Å²) in [5, 5.41) is 15.0. The minimum atomic E-state index is -0.323. The van der Waals surface area contributed by atoms with Crippen molar-refractivity contribution in [1.82, 2.24) is 15.6 Å². The first-order valence-electron chi connectivity index (χ1n) is 6.83. The molecule has 1 aromatic carbocycles. The number of amides is 2. The average molecular weight is 289 g/mol. The Morgan fingerprint density at radius 2 is 2.05 bits per heavy atom. The smallest absolute Gasteiger partial charge is 0.268 e. The van der Waals surface area contributed by atoms with Crippen LogP contribution in [0.5, 0.6) is 0 Å². The molecule has 0 aliphatic rings. The van der Waals surface area contributed by atoms with E-state index in [2.05, 4.69) is 15.6 Å². The number of hydrogen-bond acceptors (Lipinski definition) is 3. The normalized spacial score (nSPS) is 12.1. The van der Waals surface area contributed by atoms with Crippen LogP contribution < -0.4 is 10.6 Å². The number of para-hydroxylation sites is 1. The molecule has 112 valence electrons. The van der Waals surface area contributed by atoms with Gasteiger partial charge in [0.05, 0.1) is 6.54 Å². The number of aliphatic hydroxyl groups excluding tert-OH is 1. The number of aromatic nitrogens is 1. The van der Waals surface area contributed by atoms with Crippen molar-refractivity contribution in [3.05, 3.63) is 36.0 Å². The molecule has 0 aliphatic carbocycles. The number of hydrogen-bond donors (Lipinski definition) is 4. The summed E-state index contributed by atoms with van der Waals surface area (Å²) in [7, 11) is 0. The van der Waals surface area contributed by atoms with Crippen molar-refractivity contribution in [2.24, 2.45) is 5.92 Å². The summed E-state index contributed by atoms with van der Waals surface area (Å²) in [6, 6.07) is 9.32. The van der Waals surface area contributed by atoms with Crippen LogP contribution in [0.3, 0.4) is 0 Å². The Balaban J connectivity index is 1.85. The maximum absolute atomic E-state index is 12.0. The average Bonchev–Trinajstić information content (AvgIpc) is 2.94. The van der Waals surface area contributed by atoms with Gasteiger partial charge in [-0.15, -0.1) is 0 Å². The number of aromatic amines is 1. The highest BCUT2D eigenvalue weighted by atomic mass is 16.3. The topological polar surface area (TPSA) is 94.2 Å². The molecule has 0 fully saturated rings. The van der Waals surface area contributed by atoms with E-state index in [1.54, 1.807) is 6.07 Å². The molecule has 21 heavy (non-hydrogen) atoms. The van der Waals surface area contributed by atoms with E-state index in [-0.39, 0.29) is 30.9 Å². The third kappa shape index (κ3) is 4.06. The number of benzene rings is 1. The van der Waals surface area contributed by atoms with E-state index in [9.17, 15) is 9.59 Å². The van der Waals surface area contributed by atoms with Crippen molar-refractivity contribution in [3.63, 3.8) is 0 Å². The molecule has 0 bridgehead atoms. The molecule has 0 aliphatic heterocycles.